The summed E-state index contributed by atoms with van der Waals surface area (Å²) in [7, 11) is 0. The average molecular weight is 244 g/mol. The third-order valence-corrected chi connectivity index (χ3v) is 4.41. The van der Waals surface area contributed by atoms with E-state index in [0.29, 0.717) is 6.04 Å². The van der Waals surface area contributed by atoms with Gasteiger partial charge in [-0.2, -0.15) is 5.26 Å². The Morgan fingerprint density at radius 3 is 2.89 bits per heavy atom. The highest BCUT2D eigenvalue weighted by molar-refractivity contribution is 5.60. The van der Waals surface area contributed by atoms with Gasteiger partial charge in [-0.3, -0.25) is 0 Å². The number of nitrogens with zero attached hydrogens (tertiary/aromatic N) is 2. The lowest BCUT2D eigenvalue weighted by atomic mass is 9.91. The van der Waals surface area contributed by atoms with E-state index >= 15 is 0 Å². The second kappa shape index (κ2) is 4.61. The van der Waals surface area contributed by atoms with Crippen molar-refractivity contribution in [2.75, 3.05) is 11.4 Å². The summed E-state index contributed by atoms with van der Waals surface area (Å²) >= 11 is 0. The Bertz CT molecular complexity index is 492. The van der Waals surface area contributed by atoms with Gasteiger partial charge >= 0.3 is 0 Å². The van der Waals surface area contributed by atoms with E-state index in [1.54, 1.807) is 6.07 Å². The minimum Gasteiger partial charge on any atom is -0.367 e. The molecule has 1 heterocycles. The second-order valence-corrected chi connectivity index (χ2v) is 5.34. The molecule has 2 atom stereocenters. The molecule has 94 valence electrons. The summed E-state index contributed by atoms with van der Waals surface area (Å²) in [5.74, 6) is 0.351. The highest BCUT2D eigenvalue weighted by Gasteiger charge is 2.36. The van der Waals surface area contributed by atoms with Gasteiger partial charge in [0, 0.05) is 12.6 Å². The first-order valence-electron chi connectivity index (χ1n) is 6.76. The minimum atomic E-state index is -0.393. The topological polar surface area (TPSA) is 27.0 Å². The van der Waals surface area contributed by atoms with Crippen molar-refractivity contribution in [2.24, 2.45) is 5.92 Å². The number of nitriles is 1. The van der Waals surface area contributed by atoms with Gasteiger partial charge in [-0.15, -0.1) is 0 Å². The van der Waals surface area contributed by atoms with Gasteiger partial charge in [0.2, 0.25) is 0 Å². The van der Waals surface area contributed by atoms with Crippen molar-refractivity contribution in [2.45, 2.75) is 38.1 Å². The highest BCUT2D eigenvalue weighted by atomic mass is 19.1. The van der Waals surface area contributed by atoms with Crippen LogP contribution >= 0.6 is 0 Å². The molecule has 2 nitrogen and oxygen atoms in total. The summed E-state index contributed by atoms with van der Waals surface area (Å²) in [5.41, 5.74) is 1.01. The molecule has 1 aromatic rings. The van der Waals surface area contributed by atoms with Gasteiger partial charge in [-0.05, 0) is 43.7 Å². The molecule has 0 radical (unpaired) electrons. The van der Waals surface area contributed by atoms with E-state index in [1.165, 1.54) is 31.7 Å². The fourth-order valence-electron chi connectivity index (χ4n) is 3.62. The monoisotopic (exact) mass is 244 g/mol. The van der Waals surface area contributed by atoms with Crippen LogP contribution in [0.3, 0.4) is 0 Å². The Morgan fingerprint density at radius 2 is 2.06 bits per heavy atom. The van der Waals surface area contributed by atoms with E-state index in [1.807, 2.05) is 12.1 Å². The van der Waals surface area contributed by atoms with E-state index in [2.05, 4.69) is 4.90 Å². The van der Waals surface area contributed by atoms with Crippen molar-refractivity contribution in [1.82, 2.24) is 0 Å². The van der Waals surface area contributed by atoms with Crippen molar-refractivity contribution in [3.05, 3.63) is 29.6 Å². The third kappa shape index (κ3) is 1.77. The molecule has 2 unspecified atom stereocenters. The Hall–Kier alpha value is -1.56. The highest BCUT2D eigenvalue weighted by Crippen LogP contribution is 2.40. The van der Waals surface area contributed by atoms with E-state index in [-0.39, 0.29) is 5.56 Å². The number of hydrogen-bond donors (Lipinski definition) is 0. The number of piperidine rings is 1. The maximum Gasteiger partial charge on any atom is 0.143 e. The summed E-state index contributed by atoms with van der Waals surface area (Å²) in [6, 6.07) is 7.52. The lowest BCUT2D eigenvalue weighted by Gasteiger charge is -2.39. The van der Waals surface area contributed by atoms with Crippen LogP contribution in [0.5, 0.6) is 0 Å². The van der Waals surface area contributed by atoms with Gasteiger partial charge in [-0.25, -0.2) is 4.39 Å². The van der Waals surface area contributed by atoms with E-state index < -0.39 is 5.82 Å². The van der Waals surface area contributed by atoms with E-state index in [4.69, 9.17) is 5.26 Å². The van der Waals surface area contributed by atoms with Gasteiger partial charge in [0.1, 0.15) is 17.4 Å². The number of benzene rings is 1. The Balaban J connectivity index is 1.99. The molecule has 0 bridgehead atoms. The summed E-state index contributed by atoms with van der Waals surface area (Å²) in [5, 5.41) is 9.15. The number of hydrogen-bond acceptors (Lipinski definition) is 2. The number of fused-ring (bicyclic) bond motifs is 1. The van der Waals surface area contributed by atoms with Gasteiger partial charge in [0.25, 0.3) is 0 Å². The molecular weight excluding hydrogens is 227 g/mol. The second-order valence-electron chi connectivity index (χ2n) is 5.34. The molecule has 3 rings (SSSR count). The quantitative estimate of drug-likeness (QED) is 0.756. The first-order valence-corrected chi connectivity index (χ1v) is 6.76. The molecule has 1 aliphatic carbocycles. The van der Waals surface area contributed by atoms with Crippen LogP contribution in [0.15, 0.2) is 18.2 Å². The summed E-state index contributed by atoms with van der Waals surface area (Å²) in [6.07, 6.45) is 6.19. The van der Waals surface area contributed by atoms with Crippen LogP contribution in [0.4, 0.5) is 10.1 Å². The predicted octanol–water partition coefficient (Wildman–Crippen LogP) is 3.47. The van der Waals surface area contributed by atoms with E-state index in [9.17, 15) is 4.39 Å². The Kier molecular flexibility index (Phi) is 2.95. The molecule has 0 N–H and O–H groups in total. The van der Waals surface area contributed by atoms with Crippen LogP contribution in [-0.4, -0.2) is 12.6 Å². The number of anilines is 1. The molecular formula is C15H17FN2. The number of rotatable bonds is 1. The Morgan fingerprint density at radius 1 is 1.22 bits per heavy atom. The van der Waals surface area contributed by atoms with Crippen molar-refractivity contribution < 1.29 is 4.39 Å². The lowest BCUT2D eigenvalue weighted by molar-refractivity contribution is 0.362. The van der Waals surface area contributed by atoms with Gasteiger partial charge in [0.15, 0.2) is 0 Å². The minimum absolute atomic E-state index is 0.213. The van der Waals surface area contributed by atoms with Crippen molar-refractivity contribution in [1.29, 1.82) is 5.26 Å². The molecule has 3 heteroatoms. The fourth-order valence-corrected chi connectivity index (χ4v) is 3.62. The van der Waals surface area contributed by atoms with Crippen molar-refractivity contribution in [3.63, 3.8) is 0 Å². The van der Waals surface area contributed by atoms with Gasteiger partial charge in [-0.1, -0.05) is 12.5 Å². The van der Waals surface area contributed by atoms with E-state index in [0.717, 1.165) is 24.6 Å². The SMILES string of the molecule is N#Cc1c(F)cccc1N1CCCC2CCCC21. The molecule has 1 saturated carbocycles. The molecule has 1 aromatic carbocycles. The fraction of sp³-hybridized carbons (Fsp3) is 0.533. The summed E-state index contributed by atoms with van der Waals surface area (Å²) in [4.78, 5) is 2.28. The predicted molar refractivity (Wildman–Crippen MR) is 68.8 cm³/mol. The first-order chi connectivity index (χ1) is 8.81. The zero-order valence-corrected chi connectivity index (χ0v) is 10.4. The molecule has 2 fully saturated rings. The van der Waals surface area contributed by atoms with Crippen LogP contribution in [0.2, 0.25) is 0 Å². The molecule has 1 aliphatic heterocycles. The first kappa shape index (κ1) is 11.5. The van der Waals surface area contributed by atoms with Crippen molar-refractivity contribution in [3.8, 4) is 6.07 Å². The molecule has 2 aliphatic rings. The summed E-state index contributed by atoms with van der Waals surface area (Å²) in [6.45, 7) is 0.958. The van der Waals surface area contributed by atoms with Crippen LogP contribution in [0, 0.1) is 23.1 Å². The normalized spacial score (nSPS) is 26.8. The maximum absolute atomic E-state index is 13.7. The van der Waals surface area contributed by atoms with Crippen LogP contribution < -0.4 is 4.90 Å². The average Bonchev–Trinajstić information content (AvgIpc) is 2.86. The number of halogens is 1. The smallest absolute Gasteiger partial charge is 0.143 e. The molecule has 18 heavy (non-hydrogen) atoms. The van der Waals surface area contributed by atoms with Crippen LogP contribution in [-0.2, 0) is 0 Å². The standard InChI is InChI=1S/C15H17FN2/c16-13-6-2-8-15(12(13)10-17)18-9-3-5-11-4-1-7-14(11)18/h2,6,8,11,14H,1,3-5,7,9H2. The molecule has 0 spiro atoms. The molecule has 1 saturated heterocycles. The lowest BCUT2D eigenvalue weighted by Crippen LogP contribution is -2.43. The van der Waals surface area contributed by atoms with Gasteiger partial charge in [0.05, 0.1) is 5.69 Å². The van der Waals surface area contributed by atoms with Crippen LogP contribution in [0.25, 0.3) is 0 Å². The largest absolute Gasteiger partial charge is 0.367 e. The molecule has 0 aromatic heterocycles. The Labute approximate surface area is 107 Å². The summed E-state index contributed by atoms with van der Waals surface area (Å²) < 4.78 is 13.7. The zero-order valence-electron chi connectivity index (χ0n) is 10.4. The zero-order chi connectivity index (χ0) is 12.5. The van der Waals surface area contributed by atoms with Crippen LogP contribution in [0.1, 0.15) is 37.7 Å². The van der Waals surface area contributed by atoms with Gasteiger partial charge < -0.3 is 4.90 Å². The molecule has 0 amide bonds. The van der Waals surface area contributed by atoms with Crippen molar-refractivity contribution >= 4 is 5.69 Å². The third-order valence-electron chi connectivity index (χ3n) is 4.41. The maximum atomic E-state index is 13.7.